The molecule has 3 fully saturated rings. The smallest absolute Gasteiger partial charge is 0.0837 e. The molecule has 0 aromatic carbocycles. The molecular weight excluding hydrogens is 262 g/mol. The highest BCUT2D eigenvalue weighted by atomic mass is 16.5. The molecule has 2 saturated carbocycles. The number of ether oxygens (including phenoxy) is 2. The second-order valence-electron chi connectivity index (χ2n) is 7.46. The molecule has 1 heterocycles. The Kier molecular flexibility index (Phi) is 4.92. The third-order valence-electron chi connectivity index (χ3n) is 6.28. The lowest BCUT2D eigenvalue weighted by Crippen LogP contribution is -2.59. The van der Waals surface area contributed by atoms with E-state index in [9.17, 15) is 0 Å². The first kappa shape index (κ1) is 15.8. The van der Waals surface area contributed by atoms with E-state index in [0.717, 1.165) is 13.2 Å². The summed E-state index contributed by atoms with van der Waals surface area (Å²) < 4.78 is 12.5. The first-order valence-electron chi connectivity index (χ1n) is 9.19. The molecular formula is C18H33NO2. The molecule has 0 amide bonds. The highest BCUT2D eigenvalue weighted by Crippen LogP contribution is 2.48. The fourth-order valence-corrected chi connectivity index (χ4v) is 5.18. The lowest BCUT2D eigenvalue weighted by atomic mass is 9.66. The highest BCUT2D eigenvalue weighted by molar-refractivity contribution is 5.03. The third-order valence-corrected chi connectivity index (χ3v) is 6.28. The van der Waals surface area contributed by atoms with Gasteiger partial charge in [0.15, 0.2) is 0 Å². The Balaban J connectivity index is 1.75. The Labute approximate surface area is 130 Å². The van der Waals surface area contributed by atoms with E-state index in [1.54, 1.807) is 0 Å². The molecule has 122 valence electrons. The monoisotopic (exact) mass is 295 g/mol. The van der Waals surface area contributed by atoms with E-state index in [1.807, 2.05) is 0 Å². The van der Waals surface area contributed by atoms with Crippen LogP contribution in [-0.2, 0) is 9.47 Å². The fourth-order valence-electron chi connectivity index (χ4n) is 5.18. The van der Waals surface area contributed by atoms with Crippen molar-refractivity contribution in [1.82, 2.24) is 5.32 Å². The summed E-state index contributed by atoms with van der Waals surface area (Å²) in [6.45, 7) is 3.94. The molecule has 1 saturated heterocycles. The van der Waals surface area contributed by atoms with E-state index in [2.05, 4.69) is 19.3 Å². The van der Waals surface area contributed by atoms with Crippen LogP contribution in [0.15, 0.2) is 0 Å². The van der Waals surface area contributed by atoms with Crippen molar-refractivity contribution in [1.29, 1.82) is 0 Å². The molecule has 3 rings (SSSR count). The van der Waals surface area contributed by atoms with Gasteiger partial charge in [-0.05, 0) is 64.8 Å². The molecule has 21 heavy (non-hydrogen) atoms. The normalized spacial score (nSPS) is 32.6. The summed E-state index contributed by atoms with van der Waals surface area (Å²) in [5.74, 6) is 0.716. The largest absolute Gasteiger partial charge is 0.375 e. The van der Waals surface area contributed by atoms with Crippen LogP contribution >= 0.6 is 0 Å². The molecule has 2 atom stereocenters. The minimum Gasteiger partial charge on any atom is -0.375 e. The second-order valence-corrected chi connectivity index (χ2v) is 7.46. The van der Waals surface area contributed by atoms with Crippen LogP contribution in [0.2, 0.25) is 0 Å². The van der Waals surface area contributed by atoms with Crippen molar-refractivity contribution in [2.75, 3.05) is 20.3 Å². The predicted molar refractivity (Wildman–Crippen MR) is 85.5 cm³/mol. The van der Waals surface area contributed by atoms with Crippen molar-refractivity contribution < 1.29 is 9.47 Å². The molecule has 3 nitrogen and oxygen atoms in total. The Morgan fingerprint density at radius 1 is 1.14 bits per heavy atom. The number of rotatable bonds is 5. The molecule has 3 heteroatoms. The Morgan fingerprint density at radius 3 is 2.48 bits per heavy atom. The summed E-state index contributed by atoms with van der Waals surface area (Å²) in [7, 11) is 2.14. The summed E-state index contributed by atoms with van der Waals surface area (Å²) in [6.07, 6.45) is 12.8. The number of hydrogen-bond donors (Lipinski definition) is 1. The maximum atomic E-state index is 6.39. The van der Waals surface area contributed by atoms with Gasteiger partial charge in [-0.3, -0.25) is 0 Å². The van der Waals surface area contributed by atoms with Crippen LogP contribution in [0.4, 0.5) is 0 Å². The van der Waals surface area contributed by atoms with E-state index in [4.69, 9.17) is 9.47 Å². The number of nitrogens with one attached hydrogen (secondary N) is 1. The zero-order chi connectivity index (χ0) is 14.8. The first-order valence-corrected chi connectivity index (χ1v) is 9.19. The zero-order valence-electron chi connectivity index (χ0n) is 14.0. The van der Waals surface area contributed by atoms with Crippen LogP contribution < -0.4 is 5.32 Å². The topological polar surface area (TPSA) is 30.5 Å². The van der Waals surface area contributed by atoms with Crippen molar-refractivity contribution in [2.45, 2.75) is 88.4 Å². The SMILES string of the molecule is CCOC1(C(NC)C2CCOC3(CCC3)C2)CCCCC1. The van der Waals surface area contributed by atoms with Gasteiger partial charge in [-0.25, -0.2) is 0 Å². The minimum absolute atomic E-state index is 0.0781. The van der Waals surface area contributed by atoms with Crippen LogP contribution in [0, 0.1) is 5.92 Å². The van der Waals surface area contributed by atoms with Gasteiger partial charge in [0.05, 0.1) is 11.2 Å². The highest BCUT2D eigenvalue weighted by Gasteiger charge is 2.49. The Bertz CT molecular complexity index is 329. The summed E-state index contributed by atoms with van der Waals surface area (Å²) in [5, 5.41) is 3.67. The first-order chi connectivity index (χ1) is 10.2. The summed E-state index contributed by atoms with van der Waals surface area (Å²) in [5.41, 5.74) is 0.314. The molecule has 1 spiro atoms. The van der Waals surface area contributed by atoms with Crippen LogP contribution in [-0.4, -0.2) is 37.5 Å². The summed E-state index contributed by atoms with van der Waals surface area (Å²) in [4.78, 5) is 0. The van der Waals surface area contributed by atoms with E-state index < -0.39 is 0 Å². The zero-order valence-corrected chi connectivity index (χ0v) is 14.0. The van der Waals surface area contributed by atoms with E-state index in [-0.39, 0.29) is 11.2 Å². The predicted octanol–water partition coefficient (Wildman–Crippen LogP) is 3.66. The third kappa shape index (κ3) is 3.02. The molecule has 0 bridgehead atoms. The number of hydrogen-bond acceptors (Lipinski definition) is 3. The number of likely N-dealkylation sites (N-methyl/N-ethyl adjacent to an activating group) is 1. The summed E-state index contributed by atoms with van der Waals surface area (Å²) in [6, 6.07) is 0.499. The van der Waals surface area contributed by atoms with Crippen molar-refractivity contribution in [2.24, 2.45) is 5.92 Å². The molecule has 3 aliphatic rings. The van der Waals surface area contributed by atoms with Gasteiger partial charge < -0.3 is 14.8 Å². The lowest BCUT2D eigenvalue weighted by Gasteiger charge is -2.53. The summed E-state index contributed by atoms with van der Waals surface area (Å²) >= 11 is 0. The molecule has 2 unspecified atom stereocenters. The van der Waals surface area contributed by atoms with E-state index in [1.165, 1.54) is 64.2 Å². The molecule has 2 aliphatic carbocycles. The van der Waals surface area contributed by atoms with Gasteiger partial charge in [0.2, 0.25) is 0 Å². The van der Waals surface area contributed by atoms with Gasteiger partial charge in [0, 0.05) is 19.3 Å². The van der Waals surface area contributed by atoms with Gasteiger partial charge in [0.25, 0.3) is 0 Å². The quantitative estimate of drug-likeness (QED) is 0.839. The molecule has 1 N–H and O–H groups in total. The van der Waals surface area contributed by atoms with E-state index >= 15 is 0 Å². The van der Waals surface area contributed by atoms with Crippen LogP contribution in [0.5, 0.6) is 0 Å². The van der Waals surface area contributed by atoms with E-state index in [0.29, 0.717) is 12.0 Å². The van der Waals surface area contributed by atoms with Gasteiger partial charge in [-0.15, -0.1) is 0 Å². The maximum absolute atomic E-state index is 6.39. The molecule has 0 radical (unpaired) electrons. The van der Waals surface area contributed by atoms with Gasteiger partial charge in [-0.1, -0.05) is 19.3 Å². The van der Waals surface area contributed by atoms with Crippen LogP contribution in [0.25, 0.3) is 0 Å². The van der Waals surface area contributed by atoms with Gasteiger partial charge >= 0.3 is 0 Å². The Hall–Kier alpha value is -0.120. The van der Waals surface area contributed by atoms with Gasteiger partial charge in [-0.2, -0.15) is 0 Å². The van der Waals surface area contributed by atoms with Gasteiger partial charge in [0.1, 0.15) is 0 Å². The second kappa shape index (κ2) is 6.55. The maximum Gasteiger partial charge on any atom is 0.0837 e. The average Bonchev–Trinajstić information content (AvgIpc) is 2.48. The van der Waals surface area contributed by atoms with Crippen molar-refractivity contribution >= 4 is 0 Å². The van der Waals surface area contributed by atoms with Crippen LogP contribution in [0.3, 0.4) is 0 Å². The minimum atomic E-state index is 0.0781. The molecule has 0 aromatic heterocycles. The van der Waals surface area contributed by atoms with Crippen LogP contribution in [0.1, 0.15) is 71.1 Å². The average molecular weight is 295 g/mol. The molecule has 0 aromatic rings. The van der Waals surface area contributed by atoms with Crippen molar-refractivity contribution in [3.8, 4) is 0 Å². The fraction of sp³-hybridized carbons (Fsp3) is 1.00. The lowest BCUT2D eigenvalue weighted by molar-refractivity contribution is -0.167. The Morgan fingerprint density at radius 2 is 1.90 bits per heavy atom. The van der Waals surface area contributed by atoms with Crippen molar-refractivity contribution in [3.05, 3.63) is 0 Å². The van der Waals surface area contributed by atoms with Crippen molar-refractivity contribution in [3.63, 3.8) is 0 Å². The standard InChI is InChI=1S/C18H33NO2/c1-3-20-18(11-5-4-6-12-18)16(19-2)15-8-13-21-17(14-15)9-7-10-17/h15-16,19H,3-14H2,1-2H3. The molecule has 1 aliphatic heterocycles.